The van der Waals surface area contributed by atoms with Crippen molar-refractivity contribution in [2.24, 2.45) is 0 Å². The number of thioether (sulfide) groups is 1. The monoisotopic (exact) mass is 552 g/mol. The Labute approximate surface area is 226 Å². The average molecular weight is 553 g/mol. The van der Waals surface area contributed by atoms with Gasteiger partial charge in [0.1, 0.15) is 5.01 Å². The lowest BCUT2D eigenvalue weighted by Gasteiger charge is -2.14. The molecule has 0 unspecified atom stereocenters. The van der Waals surface area contributed by atoms with Crippen molar-refractivity contribution in [3.05, 3.63) is 79.6 Å². The number of aromatic nitrogens is 5. The molecule has 4 aromatic rings. The summed E-state index contributed by atoms with van der Waals surface area (Å²) in [6.45, 7) is 7.33. The van der Waals surface area contributed by atoms with Crippen molar-refractivity contribution in [3.8, 4) is 5.69 Å². The Morgan fingerprint density at radius 3 is 2.50 bits per heavy atom. The Morgan fingerprint density at radius 1 is 1.03 bits per heavy atom. The van der Waals surface area contributed by atoms with Gasteiger partial charge in [-0.2, -0.15) is 0 Å². The van der Waals surface area contributed by atoms with Crippen LogP contribution in [0.15, 0.2) is 41.6 Å². The van der Waals surface area contributed by atoms with E-state index in [9.17, 15) is 19.7 Å². The maximum absolute atomic E-state index is 12.8. The quantitative estimate of drug-likeness (QED) is 0.178. The fourth-order valence-electron chi connectivity index (χ4n) is 3.55. The number of nitro groups is 1. The van der Waals surface area contributed by atoms with Gasteiger partial charge in [0, 0.05) is 17.2 Å². The highest BCUT2D eigenvalue weighted by Crippen LogP contribution is 2.26. The molecule has 0 atom stereocenters. The first-order valence-electron chi connectivity index (χ1n) is 11.4. The molecule has 0 aliphatic heterocycles. The largest absolute Gasteiger partial charge is 0.345 e. The minimum Gasteiger partial charge on any atom is -0.345 e. The van der Waals surface area contributed by atoms with E-state index in [1.54, 1.807) is 18.4 Å². The molecule has 14 heteroatoms. The molecule has 2 amide bonds. The molecule has 2 aromatic carbocycles. The van der Waals surface area contributed by atoms with Gasteiger partial charge in [-0.1, -0.05) is 41.3 Å². The zero-order chi connectivity index (χ0) is 27.4. The summed E-state index contributed by atoms with van der Waals surface area (Å²) in [6.07, 6.45) is 0. The standard InChI is InChI=1S/C24H24N8O4S2/c1-13-5-6-14(2)18(9-13)31-20(11-25-22(34)17-8-7-15(3)19(10-17)32(35)36)28-30-24(31)37-12-21(33)26-23-29-27-16(4)38-23/h5-10H,11-12H2,1-4H3,(H,25,34)(H,26,29,33). The predicted molar refractivity (Wildman–Crippen MR) is 144 cm³/mol. The summed E-state index contributed by atoms with van der Waals surface area (Å²) in [4.78, 5) is 36.0. The number of benzene rings is 2. The molecule has 0 aliphatic rings. The summed E-state index contributed by atoms with van der Waals surface area (Å²) in [5.41, 5.74) is 3.28. The number of amides is 2. The van der Waals surface area contributed by atoms with Gasteiger partial charge in [0.05, 0.1) is 22.9 Å². The molecule has 2 N–H and O–H groups in total. The maximum Gasteiger partial charge on any atom is 0.273 e. The first-order valence-corrected chi connectivity index (χ1v) is 13.2. The molecule has 0 spiro atoms. The smallest absolute Gasteiger partial charge is 0.273 e. The Hall–Kier alpha value is -4.17. The van der Waals surface area contributed by atoms with Crippen LogP contribution in [0.2, 0.25) is 0 Å². The summed E-state index contributed by atoms with van der Waals surface area (Å²) < 4.78 is 1.80. The second-order valence-corrected chi connectivity index (χ2v) is 10.6. The number of nitrogens with one attached hydrogen (secondary N) is 2. The third-order valence-electron chi connectivity index (χ3n) is 5.49. The normalized spacial score (nSPS) is 10.8. The summed E-state index contributed by atoms with van der Waals surface area (Å²) in [5.74, 6) is -0.251. The van der Waals surface area contributed by atoms with Gasteiger partial charge >= 0.3 is 0 Å². The highest BCUT2D eigenvalue weighted by Gasteiger charge is 2.20. The SMILES string of the molecule is Cc1ccc(C)c(-n2c(CNC(=O)c3ccc(C)c([N+](=O)[O-])c3)nnc2SCC(=O)Nc2nnc(C)s2)c1. The van der Waals surface area contributed by atoms with Gasteiger partial charge in [-0.3, -0.25) is 29.6 Å². The van der Waals surface area contributed by atoms with E-state index < -0.39 is 10.8 Å². The maximum atomic E-state index is 12.8. The Morgan fingerprint density at radius 2 is 1.79 bits per heavy atom. The number of carbonyl (C=O) groups is 2. The molecule has 0 saturated heterocycles. The third-order valence-corrected chi connectivity index (χ3v) is 7.17. The van der Waals surface area contributed by atoms with Crippen LogP contribution in [0.4, 0.5) is 10.8 Å². The molecule has 0 fully saturated rings. The molecular weight excluding hydrogens is 528 g/mol. The number of nitro benzene ring substituents is 1. The van der Waals surface area contributed by atoms with Gasteiger partial charge in [0.2, 0.25) is 11.0 Å². The van der Waals surface area contributed by atoms with E-state index in [2.05, 4.69) is 31.0 Å². The molecular formula is C24H24N8O4S2. The molecule has 12 nitrogen and oxygen atoms in total. The molecule has 0 aliphatic carbocycles. The van der Waals surface area contributed by atoms with E-state index in [4.69, 9.17) is 0 Å². The van der Waals surface area contributed by atoms with Crippen LogP contribution in [0.25, 0.3) is 5.69 Å². The van der Waals surface area contributed by atoms with Gasteiger partial charge in [0.25, 0.3) is 11.6 Å². The van der Waals surface area contributed by atoms with Crippen LogP contribution in [0.5, 0.6) is 0 Å². The van der Waals surface area contributed by atoms with Crippen LogP contribution in [0, 0.1) is 37.8 Å². The highest BCUT2D eigenvalue weighted by atomic mass is 32.2. The van der Waals surface area contributed by atoms with E-state index >= 15 is 0 Å². The summed E-state index contributed by atoms with van der Waals surface area (Å²) in [6, 6.07) is 10.2. The van der Waals surface area contributed by atoms with Crippen molar-refractivity contribution in [2.45, 2.75) is 39.4 Å². The highest BCUT2D eigenvalue weighted by molar-refractivity contribution is 7.99. The van der Waals surface area contributed by atoms with Gasteiger partial charge in [-0.15, -0.1) is 20.4 Å². The molecule has 0 bridgehead atoms. The number of nitrogens with zero attached hydrogens (tertiary/aromatic N) is 6. The predicted octanol–water partition coefficient (Wildman–Crippen LogP) is 3.92. The van der Waals surface area contributed by atoms with E-state index in [1.165, 1.54) is 41.3 Å². The van der Waals surface area contributed by atoms with Gasteiger partial charge in [-0.05, 0) is 51.0 Å². The fraction of sp³-hybridized carbons (Fsp3) is 0.250. The molecule has 38 heavy (non-hydrogen) atoms. The first kappa shape index (κ1) is 26.9. The Balaban J connectivity index is 1.56. The van der Waals surface area contributed by atoms with Crippen LogP contribution >= 0.6 is 23.1 Å². The zero-order valence-corrected chi connectivity index (χ0v) is 22.6. The van der Waals surface area contributed by atoms with Crippen LogP contribution in [0.3, 0.4) is 0 Å². The molecule has 196 valence electrons. The number of rotatable bonds is 9. The van der Waals surface area contributed by atoms with Crippen molar-refractivity contribution < 1.29 is 14.5 Å². The minimum absolute atomic E-state index is 0.0116. The second-order valence-electron chi connectivity index (χ2n) is 8.43. The van der Waals surface area contributed by atoms with E-state index in [-0.39, 0.29) is 29.5 Å². The number of hydrogen-bond acceptors (Lipinski definition) is 10. The first-order chi connectivity index (χ1) is 18.1. The lowest BCUT2D eigenvalue weighted by Crippen LogP contribution is -2.25. The molecule has 0 radical (unpaired) electrons. The summed E-state index contributed by atoms with van der Waals surface area (Å²) >= 11 is 2.48. The topological polar surface area (TPSA) is 158 Å². The summed E-state index contributed by atoms with van der Waals surface area (Å²) in [5, 5.41) is 34.7. The van der Waals surface area contributed by atoms with Crippen molar-refractivity contribution >= 4 is 45.7 Å². The molecule has 0 saturated carbocycles. The lowest BCUT2D eigenvalue weighted by molar-refractivity contribution is -0.385. The van der Waals surface area contributed by atoms with Crippen molar-refractivity contribution in [3.63, 3.8) is 0 Å². The average Bonchev–Trinajstić information content (AvgIpc) is 3.48. The second kappa shape index (κ2) is 11.5. The number of hydrogen-bond donors (Lipinski definition) is 2. The van der Waals surface area contributed by atoms with Gasteiger partial charge in [0.15, 0.2) is 11.0 Å². The fourth-order valence-corrected chi connectivity index (χ4v) is 4.92. The van der Waals surface area contributed by atoms with Crippen LogP contribution < -0.4 is 10.6 Å². The summed E-state index contributed by atoms with van der Waals surface area (Å²) in [7, 11) is 0. The van der Waals surface area contributed by atoms with E-state index in [0.717, 1.165) is 21.8 Å². The molecule has 4 rings (SSSR count). The van der Waals surface area contributed by atoms with Crippen molar-refractivity contribution in [1.29, 1.82) is 0 Å². The Bertz CT molecular complexity index is 1530. The number of aryl methyl sites for hydroxylation is 4. The van der Waals surface area contributed by atoms with Crippen LogP contribution in [-0.2, 0) is 11.3 Å². The van der Waals surface area contributed by atoms with Crippen molar-refractivity contribution in [2.75, 3.05) is 11.1 Å². The number of carbonyl (C=O) groups excluding carboxylic acids is 2. The van der Waals surface area contributed by atoms with Gasteiger partial charge < -0.3 is 5.32 Å². The lowest BCUT2D eigenvalue weighted by atomic mass is 10.1. The number of anilines is 1. The van der Waals surface area contributed by atoms with Crippen LogP contribution in [0.1, 0.15) is 37.9 Å². The van der Waals surface area contributed by atoms with E-state index in [0.29, 0.717) is 21.7 Å². The van der Waals surface area contributed by atoms with Gasteiger partial charge in [-0.25, -0.2) is 0 Å². The van der Waals surface area contributed by atoms with E-state index in [1.807, 2.05) is 32.0 Å². The zero-order valence-electron chi connectivity index (χ0n) is 21.0. The van der Waals surface area contributed by atoms with Crippen molar-refractivity contribution in [1.82, 2.24) is 30.3 Å². The molecule has 2 aromatic heterocycles. The minimum atomic E-state index is -0.519. The Kier molecular flexibility index (Phi) is 8.12. The molecule has 2 heterocycles. The van der Waals surface area contributed by atoms with Crippen LogP contribution in [-0.4, -0.2) is 47.5 Å². The third kappa shape index (κ3) is 6.20.